The molecule has 27 heavy (non-hydrogen) atoms. The minimum Gasteiger partial charge on any atom is -0.494 e. The van der Waals surface area contributed by atoms with Gasteiger partial charge in [0.05, 0.1) is 6.61 Å². The molecule has 0 aliphatic carbocycles. The Hall–Kier alpha value is -3.28. The third kappa shape index (κ3) is 5.10. The van der Waals surface area contributed by atoms with Crippen molar-refractivity contribution in [2.75, 3.05) is 18.5 Å². The molecule has 6 heteroatoms. The van der Waals surface area contributed by atoms with Gasteiger partial charge in [0, 0.05) is 29.3 Å². The topological polar surface area (TPSA) is 83.2 Å². The molecule has 0 radical (unpaired) electrons. The molecule has 1 heterocycles. The van der Waals surface area contributed by atoms with Crippen molar-refractivity contribution >= 4 is 28.4 Å². The largest absolute Gasteiger partial charge is 0.494 e. The van der Waals surface area contributed by atoms with Crippen molar-refractivity contribution < 1.29 is 14.3 Å². The third-order valence-electron chi connectivity index (χ3n) is 4.16. The lowest BCUT2D eigenvalue weighted by Gasteiger charge is -2.08. The standard InChI is InChI=1S/C21H23N3O3/c1-2-27-17-9-7-16(8-10-17)24-21(26)13-20(25)22-12-11-15-14-23-19-6-4-3-5-18(15)19/h3-10,14,23H,2,11-13H2,1H3,(H,22,25)(H,24,26). The molecule has 3 N–H and O–H groups in total. The van der Waals surface area contributed by atoms with Crippen LogP contribution >= 0.6 is 0 Å². The van der Waals surface area contributed by atoms with E-state index in [1.807, 2.05) is 37.4 Å². The molecule has 140 valence electrons. The molecule has 3 rings (SSSR count). The van der Waals surface area contributed by atoms with Gasteiger partial charge in [0.25, 0.3) is 0 Å². The maximum absolute atomic E-state index is 12.0. The number of carbonyl (C=O) groups is 2. The Labute approximate surface area is 157 Å². The van der Waals surface area contributed by atoms with E-state index >= 15 is 0 Å². The van der Waals surface area contributed by atoms with Gasteiger partial charge in [-0.1, -0.05) is 18.2 Å². The number of para-hydroxylation sites is 1. The molecule has 0 bridgehead atoms. The van der Waals surface area contributed by atoms with Crippen LogP contribution in [0.1, 0.15) is 18.9 Å². The number of nitrogens with one attached hydrogen (secondary N) is 3. The summed E-state index contributed by atoms with van der Waals surface area (Å²) in [7, 11) is 0. The molecular weight excluding hydrogens is 342 g/mol. The summed E-state index contributed by atoms with van der Waals surface area (Å²) in [6, 6.07) is 15.1. The Kier molecular flexibility index (Phi) is 6.10. The lowest BCUT2D eigenvalue weighted by Crippen LogP contribution is -2.29. The van der Waals surface area contributed by atoms with E-state index in [0.29, 0.717) is 25.3 Å². The summed E-state index contributed by atoms with van der Waals surface area (Å²) in [5.74, 6) is 0.104. The summed E-state index contributed by atoms with van der Waals surface area (Å²) in [4.78, 5) is 27.2. The van der Waals surface area contributed by atoms with Crippen LogP contribution in [0, 0.1) is 0 Å². The molecule has 6 nitrogen and oxygen atoms in total. The molecule has 3 aromatic rings. The molecule has 2 amide bonds. The molecule has 1 aromatic heterocycles. The monoisotopic (exact) mass is 365 g/mol. The lowest BCUT2D eigenvalue weighted by atomic mass is 10.1. The van der Waals surface area contributed by atoms with E-state index in [0.717, 1.165) is 22.2 Å². The Bertz CT molecular complexity index is 916. The van der Waals surface area contributed by atoms with Crippen molar-refractivity contribution in [3.63, 3.8) is 0 Å². The quantitative estimate of drug-likeness (QED) is 0.536. The lowest BCUT2D eigenvalue weighted by molar-refractivity contribution is -0.126. The molecule has 0 atom stereocenters. The summed E-state index contributed by atoms with van der Waals surface area (Å²) in [6.45, 7) is 2.98. The van der Waals surface area contributed by atoms with Crippen molar-refractivity contribution in [1.29, 1.82) is 0 Å². The van der Waals surface area contributed by atoms with E-state index < -0.39 is 0 Å². The molecule has 0 aliphatic heterocycles. The second kappa shape index (κ2) is 8.89. The zero-order chi connectivity index (χ0) is 19.1. The molecule has 2 aromatic carbocycles. The maximum Gasteiger partial charge on any atom is 0.233 e. The van der Waals surface area contributed by atoms with Crippen LogP contribution in [0.2, 0.25) is 0 Å². The van der Waals surface area contributed by atoms with E-state index in [4.69, 9.17) is 4.74 Å². The summed E-state index contributed by atoms with van der Waals surface area (Å²) in [6.07, 6.45) is 2.45. The summed E-state index contributed by atoms with van der Waals surface area (Å²) in [5.41, 5.74) is 2.85. The van der Waals surface area contributed by atoms with Crippen molar-refractivity contribution in [2.45, 2.75) is 19.8 Å². The highest BCUT2D eigenvalue weighted by atomic mass is 16.5. The number of H-pyrrole nitrogens is 1. The highest BCUT2D eigenvalue weighted by molar-refractivity contribution is 6.03. The number of ether oxygens (including phenoxy) is 1. The highest BCUT2D eigenvalue weighted by Crippen LogP contribution is 2.18. The van der Waals surface area contributed by atoms with Crippen LogP contribution in [0.4, 0.5) is 5.69 Å². The SMILES string of the molecule is CCOc1ccc(NC(=O)CC(=O)NCCc2c[nH]c3ccccc23)cc1. The predicted molar refractivity (Wildman–Crippen MR) is 106 cm³/mol. The van der Waals surface area contributed by atoms with Crippen LogP contribution in [-0.2, 0) is 16.0 Å². The van der Waals surface area contributed by atoms with Crippen LogP contribution < -0.4 is 15.4 Å². The molecule has 0 saturated carbocycles. The number of amides is 2. The van der Waals surface area contributed by atoms with Crippen molar-refractivity contribution in [3.8, 4) is 5.75 Å². The minimum absolute atomic E-state index is 0.207. The van der Waals surface area contributed by atoms with Gasteiger partial charge in [0.15, 0.2) is 0 Å². The number of anilines is 1. The number of aromatic nitrogens is 1. The van der Waals surface area contributed by atoms with E-state index in [1.54, 1.807) is 24.3 Å². The number of carbonyl (C=O) groups excluding carboxylic acids is 2. The average molecular weight is 365 g/mol. The normalized spacial score (nSPS) is 10.6. The molecule has 0 aliphatic rings. The van der Waals surface area contributed by atoms with Gasteiger partial charge in [-0.3, -0.25) is 9.59 Å². The van der Waals surface area contributed by atoms with Crippen LogP contribution in [0.25, 0.3) is 10.9 Å². The molecular formula is C21H23N3O3. The zero-order valence-electron chi connectivity index (χ0n) is 15.2. The van der Waals surface area contributed by atoms with Crippen LogP contribution in [-0.4, -0.2) is 29.9 Å². The molecule has 0 unspecified atom stereocenters. The predicted octanol–water partition coefficient (Wildman–Crippen LogP) is 3.25. The Balaban J connectivity index is 1.42. The van der Waals surface area contributed by atoms with Gasteiger partial charge in [-0.2, -0.15) is 0 Å². The van der Waals surface area contributed by atoms with Gasteiger partial charge in [-0.15, -0.1) is 0 Å². The fourth-order valence-corrected chi connectivity index (χ4v) is 2.89. The van der Waals surface area contributed by atoms with Crippen LogP contribution in [0.15, 0.2) is 54.7 Å². The van der Waals surface area contributed by atoms with Gasteiger partial charge < -0.3 is 20.4 Å². The van der Waals surface area contributed by atoms with E-state index in [9.17, 15) is 9.59 Å². The van der Waals surface area contributed by atoms with Gasteiger partial charge in [-0.05, 0) is 49.2 Å². The van der Waals surface area contributed by atoms with Crippen LogP contribution in [0.5, 0.6) is 5.75 Å². The van der Waals surface area contributed by atoms with Gasteiger partial charge in [-0.25, -0.2) is 0 Å². The number of fused-ring (bicyclic) bond motifs is 1. The van der Waals surface area contributed by atoms with Gasteiger partial charge >= 0.3 is 0 Å². The second-order valence-corrected chi connectivity index (χ2v) is 6.14. The number of hydrogen-bond acceptors (Lipinski definition) is 3. The Morgan fingerprint density at radius 1 is 1.04 bits per heavy atom. The fraction of sp³-hybridized carbons (Fsp3) is 0.238. The Morgan fingerprint density at radius 2 is 1.81 bits per heavy atom. The minimum atomic E-state index is -0.344. The second-order valence-electron chi connectivity index (χ2n) is 6.14. The number of rotatable bonds is 8. The first-order valence-electron chi connectivity index (χ1n) is 9.00. The van der Waals surface area contributed by atoms with Gasteiger partial charge in [0.1, 0.15) is 12.2 Å². The van der Waals surface area contributed by atoms with E-state index in [1.165, 1.54) is 0 Å². The summed E-state index contributed by atoms with van der Waals surface area (Å²) in [5, 5.41) is 6.66. The van der Waals surface area contributed by atoms with Crippen LogP contribution in [0.3, 0.4) is 0 Å². The first kappa shape index (κ1) is 18.5. The zero-order valence-corrected chi connectivity index (χ0v) is 15.2. The smallest absolute Gasteiger partial charge is 0.233 e. The third-order valence-corrected chi connectivity index (χ3v) is 4.16. The number of aromatic amines is 1. The van der Waals surface area contributed by atoms with Gasteiger partial charge in [0.2, 0.25) is 11.8 Å². The summed E-state index contributed by atoms with van der Waals surface area (Å²) < 4.78 is 5.35. The highest BCUT2D eigenvalue weighted by Gasteiger charge is 2.10. The molecule has 0 spiro atoms. The van der Waals surface area contributed by atoms with Crippen molar-refractivity contribution in [2.24, 2.45) is 0 Å². The molecule has 0 saturated heterocycles. The van der Waals surface area contributed by atoms with E-state index in [-0.39, 0.29) is 18.2 Å². The van der Waals surface area contributed by atoms with Crippen molar-refractivity contribution in [3.05, 3.63) is 60.3 Å². The number of benzene rings is 2. The maximum atomic E-state index is 12.0. The molecule has 0 fully saturated rings. The fourth-order valence-electron chi connectivity index (χ4n) is 2.89. The first-order chi connectivity index (χ1) is 13.2. The average Bonchev–Trinajstić information content (AvgIpc) is 3.07. The Morgan fingerprint density at radius 3 is 2.59 bits per heavy atom. The number of hydrogen-bond donors (Lipinski definition) is 3. The van der Waals surface area contributed by atoms with Crippen molar-refractivity contribution in [1.82, 2.24) is 10.3 Å². The summed E-state index contributed by atoms with van der Waals surface area (Å²) >= 11 is 0. The first-order valence-corrected chi connectivity index (χ1v) is 9.00. The van der Waals surface area contributed by atoms with E-state index in [2.05, 4.69) is 15.6 Å².